The maximum atomic E-state index is 6.37. The van der Waals surface area contributed by atoms with Crippen LogP contribution in [0.3, 0.4) is 0 Å². The van der Waals surface area contributed by atoms with E-state index in [4.69, 9.17) is 14.6 Å². The summed E-state index contributed by atoms with van der Waals surface area (Å²) in [4.78, 5) is 0. The molecule has 0 amide bonds. The molecule has 0 aromatic heterocycles. The molecule has 1 atom stereocenters. The minimum Gasteiger partial charge on any atom is -0.542 e. The molecule has 0 radical (unpaired) electrons. The number of para-hydroxylation sites is 1. The molecule has 0 bridgehead atoms. The summed E-state index contributed by atoms with van der Waals surface area (Å²) >= 11 is 0. The summed E-state index contributed by atoms with van der Waals surface area (Å²) in [7, 11) is -3.74. The summed E-state index contributed by atoms with van der Waals surface area (Å²) in [6.45, 7) is 15.3. The maximum absolute atomic E-state index is 6.37. The first-order valence-corrected chi connectivity index (χ1v) is 16.3. The number of nitrogens with two attached hydrogens (primary N) is 1. The highest BCUT2D eigenvalue weighted by Crippen LogP contribution is 2.29. The van der Waals surface area contributed by atoms with Gasteiger partial charge in [-0.1, -0.05) is 19.1 Å². The van der Waals surface area contributed by atoms with Crippen molar-refractivity contribution in [2.45, 2.75) is 58.3 Å². The molecule has 0 aliphatic rings. The van der Waals surface area contributed by atoms with E-state index < -0.39 is 26.2 Å². The monoisotopic (exact) mass is 341 g/mol. The molecule has 2 N–H and O–H groups in total. The van der Waals surface area contributed by atoms with Crippen LogP contribution in [0.2, 0.25) is 45.3 Å². The summed E-state index contributed by atoms with van der Waals surface area (Å²) in [5, 5.41) is 1.35. The van der Waals surface area contributed by atoms with Crippen molar-refractivity contribution in [3.63, 3.8) is 0 Å². The molecule has 120 valence electrons. The Bertz CT molecular complexity index is 465. The zero-order valence-electron chi connectivity index (χ0n) is 14.6. The van der Waals surface area contributed by atoms with Crippen molar-refractivity contribution in [1.29, 1.82) is 0 Å². The molecule has 1 aromatic carbocycles. The topological polar surface area (TPSA) is 44.5 Å². The Morgan fingerprint density at radius 3 is 2.10 bits per heavy atom. The van der Waals surface area contributed by atoms with Gasteiger partial charge in [0.15, 0.2) is 0 Å². The van der Waals surface area contributed by atoms with E-state index in [9.17, 15) is 0 Å². The van der Waals surface area contributed by atoms with Crippen LogP contribution < -0.4 is 19.8 Å². The zero-order valence-corrected chi connectivity index (χ0v) is 18.0. The van der Waals surface area contributed by atoms with Gasteiger partial charge in [0.1, 0.15) is 11.5 Å². The lowest BCUT2D eigenvalue weighted by Gasteiger charge is -2.27. The van der Waals surface area contributed by atoms with Crippen molar-refractivity contribution in [3.8, 4) is 11.5 Å². The summed E-state index contributed by atoms with van der Waals surface area (Å²) in [6, 6.07) is 7.70. The molecule has 0 aliphatic heterocycles. The van der Waals surface area contributed by atoms with E-state index in [-0.39, 0.29) is 6.04 Å². The molecule has 0 saturated heterocycles. The summed E-state index contributed by atoms with van der Waals surface area (Å²) in [6.07, 6.45) is 0. The van der Waals surface area contributed by atoms with Crippen molar-refractivity contribution in [3.05, 3.63) is 18.2 Å². The first-order chi connectivity index (χ1) is 9.48. The Morgan fingerprint density at radius 1 is 1.05 bits per heavy atom. The lowest BCUT2D eigenvalue weighted by atomic mass is 10.3. The number of hydrogen-bond donors (Lipinski definition) is 1. The van der Waals surface area contributed by atoms with Crippen LogP contribution in [0.15, 0.2) is 18.2 Å². The minimum absolute atomic E-state index is 0.262. The average Bonchev–Trinajstić information content (AvgIpc) is 2.25. The van der Waals surface area contributed by atoms with Crippen molar-refractivity contribution in [2.75, 3.05) is 0 Å². The van der Waals surface area contributed by atoms with Crippen LogP contribution in [0, 0.1) is 0 Å². The third-order valence-corrected chi connectivity index (χ3v) is 6.70. The van der Waals surface area contributed by atoms with Gasteiger partial charge in [-0.15, -0.1) is 0 Å². The van der Waals surface area contributed by atoms with Crippen molar-refractivity contribution in [1.82, 2.24) is 0 Å². The number of rotatable bonds is 7. The average molecular weight is 342 g/mol. The quantitative estimate of drug-likeness (QED) is 0.776. The third-order valence-electron chi connectivity index (χ3n) is 2.75. The molecule has 0 saturated carbocycles. The molecule has 0 fully saturated rings. The van der Waals surface area contributed by atoms with Crippen LogP contribution in [0.4, 0.5) is 0 Å². The van der Waals surface area contributed by atoms with Crippen LogP contribution in [0.25, 0.3) is 0 Å². The Morgan fingerprint density at radius 2 is 1.62 bits per heavy atom. The van der Waals surface area contributed by atoms with E-state index >= 15 is 0 Å². The van der Waals surface area contributed by atoms with Gasteiger partial charge in [-0.05, 0) is 62.6 Å². The first-order valence-electron chi connectivity index (χ1n) is 7.73. The highest BCUT2D eigenvalue weighted by molar-refractivity contribution is 6.71. The fourth-order valence-corrected chi connectivity index (χ4v) is 5.33. The molecule has 1 rings (SSSR count). The molecule has 0 heterocycles. The van der Waals surface area contributed by atoms with Crippen LogP contribution in [0.1, 0.15) is 6.92 Å². The van der Waals surface area contributed by atoms with Gasteiger partial charge in [-0.25, -0.2) is 0 Å². The molecule has 0 aliphatic carbocycles. The molecular weight excluding hydrogens is 310 g/mol. The number of hydrogen-bond acceptors (Lipinski definition) is 3. The SMILES string of the molecule is CC(N)C[SiH2]c1cccc(O[Si](C)(C)C)c1O[Si](C)(C)C. The Kier molecular flexibility index (Phi) is 6.27. The second-order valence-electron chi connectivity index (χ2n) is 7.69. The summed E-state index contributed by atoms with van der Waals surface area (Å²) in [5.41, 5.74) is 5.94. The van der Waals surface area contributed by atoms with E-state index in [0.29, 0.717) is 0 Å². The standard InChI is InChI=1S/C15H31NO2Si3/c1-12(16)11-19-14-10-8-9-13(17-20(2,3)4)15(14)18-21(5,6)7/h8-10,12H,11,16,19H2,1-7H3. The fourth-order valence-electron chi connectivity index (χ4n) is 1.97. The van der Waals surface area contributed by atoms with E-state index in [1.807, 2.05) is 0 Å². The largest absolute Gasteiger partial charge is 0.542 e. The fraction of sp³-hybridized carbons (Fsp3) is 0.600. The molecule has 1 aromatic rings. The highest BCUT2D eigenvalue weighted by Gasteiger charge is 2.24. The smallest absolute Gasteiger partial charge is 0.242 e. The third kappa shape index (κ3) is 7.30. The summed E-state index contributed by atoms with van der Waals surface area (Å²) in [5.74, 6) is 1.94. The first kappa shape index (κ1) is 18.5. The van der Waals surface area contributed by atoms with Gasteiger partial charge < -0.3 is 14.6 Å². The van der Waals surface area contributed by atoms with Gasteiger partial charge in [0.05, 0.1) is 9.52 Å². The van der Waals surface area contributed by atoms with Crippen molar-refractivity contribution in [2.24, 2.45) is 5.73 Å². The van der Waals surface area contributed by atoms with E-state index in [0.717, 1.165) is 17.5 Å². The van der Waals surface area contributed by atoms with E-state index in [1.54, 1.807) is 0 Å². The molecule has 1 unspecified atom stereocenters. The normalized spacial score (nSPS) is 14.5. The minimum atomic E-state index is -1.67. The molecule has 3 nitrogen and oxygen atoms in total. The molecule has 6 heteroatoms. The van der Waals surface area contributed by atoms with E-state index in [1.165, 1.54) is 5.19 Å². The second-order valence-corrected chi connectivity index (χ2v) is 18.4. The molecule has 0 spiro atoms. The maximum Gasteiger partial charge on any atom is 0.242 e. The van der Waals surface area contributed by atoms with Gasteiger partial charge in [0.25, 0.3) is 0 Å². The highest BCUT2D eigenvalue weighted by atomic mass is 28.4. The lowest BCUT2D eigenvalue weighted by Crippen LogP contribution is -2.36. The summed E-state index contributed by atoms with van der Waals surface area (Å²) < 4.78 is 12.6. The molecule has 21 heavy (non-hydrogen) atoms. The van der Waals surface area contributed by atoms with E-state index in [2.05, 4.69) is 64.4 Å². The Balaban J connectivity index is 3.14. The van der Waals surface area contributed by atoms with Crippen LogP contribution >= 0.6 is 0 Å². The molecular formula is C15H31NO2Si3. The van der Waals surface area contributed by atoms with Gasteiger partial charge in [0, 0.05) is 0 Å². The van der Waals surface area contributed by atoms with Gasteiger partial charge in [-0.2, -0.15) is 0 Å². The van der Waals surface area contributed by atoms with Gasteiger partial charge >= 0.3 is 0 Å². The Hall–Kier alpha value is -0.569. The number of benzene rings is 1. The zero-order chi connectivity index (χ0) is 16.3. The van der Waals surface area contributed by atoms with Gasteiger partial charge in [-0.3, -0.25) is 0 Å². The lowest BCUT2D eigenvalue weighted by molar-refractivity contribution is 0.492. The predicted octanol–water partition coefficient (Wildman–Crippen LogP) is 2.67. The Labute approximate surface area is 134 Å². The predicted molar refractivity (Wildman–Crippen MR) is 101 cm³/mol. The van der Waals surface area contributed by atoms with Crippen LogP contribution in [0.5, 0.6) is 11.5 Å². The van der Waals surface area contributed by atoms with Crippen molar-refractivity contribution >= 4 is 31.3 Å². The van der Waals surface area contributed by atoms with Crippen molar-refractivity contribution < 1.29 is 8.85 Å². The van der Waals surface area contributed by atoms with Gasteiger partial charge in [0.2, 0.25) is 16.6 Å². The van der Waals surface area contributed by atoms with Crippen LogP contribution in [-0.4, -0.2) is 32.2 Å². The second kappa shape index (κ2) is 7.13. The van der Waals surface area contributed by atoms with Crippen LogP contribution in [-0.2, 0) is 0 Å².